The van der Waals surface area contributed by atoms with E-state index in [4.69, 9.17) is 4.74 Å². The van der Waals surface area contributed by atoms with Gasteiger partial charge in [-0.15, -0.1) is 0 Å². The number of carbonyl (C=O) groups excluding carboxylic acids is 2. The van der Waals surface area contributed by atoms with Gasteiger partial charge in [0.2, 0.25) is 6.41 Å². The quantitative estimate of drug-likeness (QED) is 0.407. The van der Waals surface area contributed by atoms with Gasteiger partial charge in [-0.3, -0.25) is 19.2 Å². The number of pyridine rings is 2. The Balaban J connectivity index is 2.48. The average Bonchev–Trinajstić information content (AvgIpc) is 2.56. The van der Waals surface area contributed by atoms with Crippen LogP contribution in [0.2, 0.25) is 0 Å². The van der Waals surface area contributed by atoms with Gasteiger partial charge in [0.05, 0.1) is 11.0 Å². The Labute approximate surface area is 142 Å². The number of hydrogen-bond acceptors (Lipinski definition) is 5. The van der Waals surface area contributed by atoms with Gasteiger partial charge in [-0.05, 0) is 24.6 Å². The van der Waals surface area contributed by atoms with Gasteiger partial charge in [0, 0.05) is 42.4 Å². The van der Waals surface area contributed by atoms with Gasteiger partial charge < -0.3 is 9.30 Å². The lowest BCUT2D eigenvalue weighted by molar-refractivity contribution is -0.142. The first-order valence-electron chi connectivity index (χ1n) is 7.60. The maximum atomic E-state index is 12.2. The van der Waals surface area contributed by atoms with Crippen LogP contribution in [-0.2, 0) is 28.0 Å². The van der Waals surface area contributed by atoms with Gasteiger partial charge in [-0.2, -0.15) is 0 Å². The molecule has 2 aromatic heterocycles. The molecule has 1 aromatic carbocycles. The number of aryl methyl sites for hydroxylation is 2. The summed E-state index contributed by atoms with van der Waals surface area (Å²) in [5, 5.41) is 1.43. The molecule has 7 nitrogen and oxygen atoms in total. The van der Waals surface area contributed by atoms with Crippen molar-refractivity contribution in [3.05, 3.63) is 56.1 Å². The fourth-order valence-corrected chi connectivity index (χ4v) is 2.93. The van der Waals surface area contributed by atoms with Gasteiger partial charge in [-0.25, -0.2) is 4.57 Å². The predicted octanol–water partition coefficient (Wildman–Crippen LogP) is 1.26. The van der Waals surface area contributed by atoms with Gasteiger partial charge in [0.15, 0.2) is 0 Å². The predicted molar refractivity (Wildman–Crippen MR) is 93.3 cm³/mol. The zero-order valence-corrected chi connectivity index (χ0v) is 14.0. The van der Waals surface area contributed by atoms with Crippen molar-refractivity contribution >= 4 is 34.2 Å². The van der Waals surface area contributed by atoms with Crippen molar-refractivity contribution < 1.29 is 14.3 Å². The van der Waals surface area contributed by atoms with E-state index in [0.717, 1.165) is 15.5 Å². The molecule has 0 N–H and O–H groups in total. The third kappa shape index (κ3) is 2.73. The molecule has 0 aliphatic carbocycles. The maximum Gasteiger partial charge on any atom is 0.302 e. The normalized spacial score (nSPS) is 11.0. The van der Waals surface area contributed by atoms with E-state index in [1.54, 1.807) is 19.2 Å². The zero-order chi connectivity index (χ0) is 18.3. The Morgan fingerprint density at radius 1 is 1.08 bits per heavy atom. The lowest BCUT2D eigenvalue weighted by atomic mass is 10.0. The number of esters is 1. The van der Waals surface area contributed by atoms with Crippen molar-refractivity contribution in [2.24, 2.45) is 7.05 Å². The summed E-state index contributed by atoms with van der Waals surface area (Å²) in [5.74, 6) is -0.466. The molecule has 3 rings (SSSR count). The fraction of sp³-hybridized carbons (Fsp3) is 0.222. The van der Waals surface area contributed by atoms with E-state index in [9.17, 15) is 19.2 Å². The topological polar surface area (TPSA) is 87.4 Å². The molecule has 25 heavy (non-hydrogen) atoms. The van der Waals surface area contributed by atoms with Gasteiger partial charge >= 0.3 is 5.97 Å². The number of benzene rings is 1. The van der Waals surface area contributed by atoms with Crippen LogP contribution in [0.3, 0.4) is 0 Å². The van der Waals surface area contributed by atoms with Crippen LogP contribution in [0.4, 0.5) is 0 Å². The van der Waals surface area contributed by atoms with E-state index in [0.29, 0.717) is 28.4 Å². The molecule has 0 aliphatic heterocycles. The van der Waals surface area contributed by atoms with Crippen LogP contribution < -0.4 is 11.1 Å². The highest BCUT2D eigenvalue weighted by molar-refractivity contribution is 5.99. The monoisotopic (exact) mass is 340 g/mol. The molecule has 0 unspecified atom stereocenters. The number of nitrogens with zero attached hydrogens (tertiary/aromatic N) is 2. The molecule has 0 atom stereocenters. The van der Waals surface area contributed by atoms with Gasteiger partial charge in [0.25, 0.3) is 11.1 Å². The van der Waals surface area contributed by atoms with E-state index in [-0.39, 0.29) is 12.2 Å². The molecule has 0 radical (unpaired) electrons. The Morgan fingerprint density at radius 3 is 2.44 bits per heavy atom. The molecule has 0 saturated carbocycles. The number of fused-ring (bicyclic) bond motifs is 2. The number of hydrogen-bond donors (Lipinski definition) is 0. The van der Waals surface area contributed by atoms with Crippen LogP contribution in [0, 0.1) is 6.92 Å². The summed E-state index contributed by atoms with van der Waals surface area (Å²) in [6.07, 6.45) is 0.431. The summed E-state index contributed by atoms with van der Waals surface area (Å²) in [4.78, 5) is 46.7. The second-order valence-electron chi connectivity index (χ2n) is 5.87. The molecule has 0 amide bonds. The van der Waals surface area contributed by atoms with Crippen LogP contribution in [0.25, 0.3) is 21.8 Å². The van der Waals surface area contributed by atoms with Crippen LogP contribution in [0.5, 0.6) is 0 Å². The molecule has 0 saturated heterocycles. The molecule has 0 aliphatic rings. The second-order valence-corrected chi connectivity index (χ2v) is 5.87. The molecule has 0 bridgehead atoms. The first-order valence-corrected chi connectivity index (χ1v) is 7.60. The minimum absolute atomic E-state index is 0.0723. The Kier molecular flexibility index (Phi) is 4.00. The summed E-state index contributed by atoms with van der Waals surface area (Å²) in [7, 11) is 1.63. The van der Waals surface area contributed by atoms with Gasteiger partial charge in [0.1, 0.15) is 6.61 Å². The van der Waals surface area contributed by atoms with E-state index in [2.05, 4.69) is 0 Å². The summed E-state index contributed by atoms with van der Waals surface area (Å²) < 4.78 is 7.45. The lowest BCUT2D eigenvalue weighted by Crippen LogP contribution is -2.21. The van der Waals surface area contributed by atoms with Crippen molar-refractivity contribution in [2.45, 2.75) is 20.5 Å². The maximum absolute atomic E-state index is 12.2. The molecule has 0 fully saturated rings. The van der Waals surface area contributed by atoms with Crippen molar-refractivity contribution in [2.75, 3.05) is 0 Å². The molecular formula is C18H16N2O5. The number of rotatable bonds is 3. The average molecular weight is 340 g/mol. The Bertz CT molecular complexity index is 1150. The Morgan fingerprint density at radius 2 is 1.80 bits per heavy atom. The zero-order valence-electron chi connectivity index (χ0n) is 14.0. The SMILES string of the molecule is CC(=O)OCc1cc(=O)n(C=O)c2cc3c(cc12)c(C)cc(=O)n3C. The van der Waals surface area contributed by atoms with Crippen LogP contribution in [0.1, 0.15) is 18.1 Å². The van der Waals surface area contributed by atoms with E-state index < -0.39 is 11.5 Å². The number of ether oxygens (including phenoxy) is 1. The molecular weight excluding hydrogens is 324 g/mol. The van der Waals surface area contributed by atoms with Crippen LogP contribution in [-0.4, -0.2) is 21.5 Å². The van der Waals surface area contributed by atoms with Crippen molar-refractivity contribution in [1.82, 2.24) is 9.13 Å². The third-order valence-corrected chi connectivity index (χ3v) is 4.25. The minimum atomic E-state index is -0.526. The largest absolute Gasteiger partial charge is 0.461 e. The second kappa shape index (κ2) is 6.01. The third-order valence-electron chi connectivity index (χ3n) is 4.25. The smallest absolute Gasteiger partial charge is 0.302 e. The van der Waals surface area contributed by atoms with E-state index in [1.165, 1.54) is 23.6 Å². The molecule has 128 valence electrons. The molecule has 2 heterocycles. The summed E-state index contributed by atoms with van der Waals surface area (Å²) in [6, 6.07) is 6.24. The van der Waals surface area contributed by atoms with Crippen molar-refractivity contribution in [1.29, 1.82) is 0 Å². The minimum Gasteiger partial charge on any atom is -0.461 e. The number of aromatic nitrogens is 2. The molecule has 3 aromatic rings. The number of carbonyl (C=O) groups is 2. The van der Waals surface area contributed by atoms with Crippen molar-refractivity contribution in [3.8, 4) is 0 Å². The molecule has 7 heteroatoms. The van der Waals surface area contributed by atoms with E-state index in [1.807, 2.05) is 6.92 Å². The van der Waals surface area contributed by atoms with Crippen LogP contribution in [0.15, 0.2) is 33.9 Å². The standard InChI is InChI=1S/C18H16N2O5/c1-10-4-17(23)19(3)15-7-16-14(6-13(10)15)12(8-25-11(2)22)5-18(24)20(16)9-21/h4-7,9H,8H2,1-3H3. The van der Waals surface area contributed by atoms with Crippen molar-refractivity contribution in [3.63, 3.8) is 0 Å². The van der Waals surface area contributed by atoms with Crippen LogP contribution >= 0.6 is 0 Å². The van der Waals surface area contributed by atoms with E-state index >= 15 is 0 Å². The Hall–Kier alpha value is -3.22. The highest BCUT2D eigenvalue weighted by Gasteiger charge is 2.13. The summed E-state index contributed by atoms with van der Waals surface area (Å²) >= 11 is 0. The fourth-order valence-electron chi connectivity index (χ4n) is 2.93. The highest BCUT2D eigenvalue weighted by Crippen LogP contribution is 2.25. The first kappa shape index (κ1) is 16.6. The lowest BCUT2D eigenvalue weighted by Gasteiger charge is -2.13. The first-order chi connectivity index (χ1) is 11.8. The highest BCUT2D eigenvalue weighted by atomic mass is 16.5. The summed E-state index contributed by atoms with van der Waals surface area (Å²) in [6.45, 7) is 3.03. The molecule has 0 spiro atoms. The summed E-state index contributed by atoms with van der Waals surface area (Å²) in [5.41, 5.74) is 1.54. The van der Waals surface area contributed by atoms with Gasteiger partial charge in [-0.1, -0.05) is 0 Å².